The third-order valence-electron chi connectivity index (χ3n) is 5.59. The maximum Gasteiger partial charge on any atom is 0.217 e. The smallest absolute Gasteiger partial charge is 0.217 e. The standard InChI is InChI=1S/C25H25FN6O2/c1-25(2)13-33-24(34-14-25)23-31-20(16-3-5-17(26)6-4-16)21(32-23)18-9-12-29-22(30-18)19(27)15-7-10-28-11-8-15/h3-12,19,24H,13-14,27H2,1-2H3,(H,31,32). The third-order valence-corrected chi connectivity index (χ3v) is 5.59. The van der Waals surface area contributed by atoms with E-state index in [2.05, 4.69) is 28.8 Å². The molecule has 0 aliphatic carbocycles. The van der Waals surface area contributed by atoms with Gasteiger partial charge in [0.1, 0.15) is 11.6 Å². The highest BCUT2D eigenvalue weighted by Gasteiger charge is 2.32. The Morgan fingerprint density at radius 2 is 1.71 bits per heavy atom. The number of nitrogens with one attached hydrogen (secondary N) is 1. The van der Waals surface area contributed by atoms with Gasteiger partial charge in [0.25, 0.3) is 0 Å². The number of ether oxygens (including phenoxy) is 2. The van der Waals surface area contributed by atoms with Gasteiger partial charge in [0.15, 0.2) is 5.82 Å². The van der Waals surface area contributed by atoms with Gasteiger partial charge in [-0.25, -0.2) is 19.3 Å². The molecule has 174 valence electrons. The van der Waals surface area contributed by atoms with Gasteiger partial charge in [-0.1, -0.05) is 13.8 Å². The summed E-state index contributed by atoms with van der Waals surface area (Å²) in [5.41, 5.74) is 9.77. The number of aromatic amines is 1. The molecule has 1 saturated heterocycles. The summed E-state index contributed by atoms with van der Waals surface area (Å²) < 4.78 is 25.4. The highest BCUT2D eigenvalue weighted by molar-refractivity contribution is 5.76. The molecule has 0 radical (unpaired) electrons. The lowest BCUT2D eigenvalue weighted by atomic mass is 9.96. The Labute approximate surface area is 196 Å². The van der Waals surface area contributed by atoms with Crippen molar-refractivity contribution in [1.82, 2.24) is 24.9 Å². The molecule has 3 aromatic heterocycles. The zero-order valence-corrected chi connectivity index (χ0v) is 18.9. The third kappa shape index (κ3) is 4.58. The maximum absolute atomic E-state index is 13.6. The van der Waals surface area contributed by atoms with E-state index < -0.39 is 12.3 Å². The second kappa shape index (κ2) is 9.02. The van der Waals surface area contributed by atoms with Crippen molar-refractivity contribution in [3.63, 3.8) is 0 Å². The zero-order chi connectivity index (χ0) is 23.7. The number of rotatable bonds is 5. The predicted octanol–water partition coefficient (Wildman–Crippen LogP) is 4.19. The van der Waals surface area contributed by atoms with Crippen molar-refractivity contribution in [3.05, 3.63) is 84.1 Å². The molecule has 3 N–H and O–H groups in total. The average molecular weight is 461 g/mol. The van der Waals surface area contributed by atoms with Gasteiger partial charge >= 0.3 is 0 Å². The van der Waals surface area contributed by atoms with Gasteiger partial charge in [-0.2, -0.15) is 0 Å². The largest absolute Gasteiger partial charge is 0.345 e. The number of H-pyrrole nitrogens is 1. The fourth-order valence-electron chi connectivity index (χ4n) is 3.74. The summed E-state index contributed by atoms with van der Waals surface area (Å²) in [5, 5.41) is 0. The van der Waals surface area contributed by atoms with Crippen molar-refractivity contribution < 1.29 is 13.9 Å². The molecule has 1 aromatic carbocycles. The van der Waals surface area contributed by atoms with Crippen LogP contribution in [0.15, 0.2) is 61.1 Å². The van der Waals surface area contributed by atoms with Crippen LogP contribution in [0.25, 0.3) is 22.6 Å². The highest BCUT2D eigenvalue weighted by atomic mass is 19.1. The lowest BCUT2D eigenvalue weighted by Gasteiger charge is -2.33. The average Bonchev–Trinajstić information content (AvgIpc) is 3.30. The second-order valence-corrected chi connectivity index (χ2v) is 9.03. The van der Waals surface area contributed by atoms with Crippen LogP contribution in [-0.4, -0.2) is 38.1 Å². The Morgan fingerprint density at radius 3 is 2.41 bits per heavy atom. The van der Waals surface area contributed by atoms with Crippen LogP contribution >= 0.6 is 0 Å². The number of hydrogen-bond donors (Lipinski definition) is 2. The molecule has 4 heterocycles. The summed E-state index contributed by atoms with van der Waals surface area (Å²) in [6.07, 6.45) is 4.38. The first-order valence-corrected chi connectivity index (χ1v) is 11.0. The van der Waals surface area contributed by atoms with Crippen molar-refractivity contribution in [2.24, 2.45) is 11.1 Å². The summed E-state index contributed by atoms with van der Waals surface area (Å²) in [5.74, 6) is 0.648. The molecule has 34 heavy (non-hydrogen) atoms. The Morgan fingerprint density at radius 1 is 1.00 bits per heavy atom. The van der Waals surface area contributed by atoms with Crippen LogP contribution in [0.3, 0.4) is 0 Å². The van der Waals surface area contributed by atoms with E-state index in [1.165, 1.54) is 12.1 Å². The number of pyridine rings is 1. The number of benzene rings is 1. The number of halogens is 1. The predicted molar refractivity (Wildman–Crippen MR) is 124 cm³/mol. The summed E-state index contributed by atoms with van der Waals surface area (Å²) in [6.45, 7) is 5.24. The number of hydrogen-bond acceptors (Lipinski definition) is 7. The Kier molecular flexibility index (Phi) is 5.91. The van der Waals surface area contributed by atoms with Crippen LogP contribution in [0.5, 0.6) is 0 Å². The fourth-order valence-corrected chi connectivity index (χ4v) is 3.74. The molecular weight excluding hydrogens is 435 g/mol. The van der Waals surface area contributed by atoms with Crippen LogP contribution in [0, 0.1) is 11.2 Å². The first kappa shape index (κ1) is 22.3. The van der Waals surface area contributed by atoms with Gasteiger partial charge in [0.2, 0.25) is 6.29 Å². The summed E-state index contributed by atoms with van der Waals surface area (Å²) in [6, 6.07) is 11.1. The molecule has 1 atom stereocenters. The van der Waals surface area contributed by atoms with E-state index in [-0.39, 0.29) is 11.2 Å². The number of aromatic nitrogens is 5. The zero-order valence-electron chi connectivity index (χ0n) is 18.9. The van der Waals surface area contributed by atoms with Crippen LogP contribution in [-0.2, 0) is 9.47 Å². The maximum atomic E-state index is 13.6. The van der Waals surface area contributed by atoms with Crippen molar-refractivity contribution in [1.29, 1.82) is 0 Å². The van der Waals surface area contributed by atoms with Crippen LogP contribution in [0.1, 0.15) is 43.4 Å². The first-order valence-electron chi connectivity index (χ1n) is 11.0. The van der Waals surface area contributed by atoms with Gasteiger partial charge in [-0.05, 0) is 48.0 Å². The van der Waals surface area contributed by atoms with Gasteiger partial charge < -0.3 is 20.2 Å². The van der Waals surface area contributed by atoms with E-state index in [4.69, 9.17) is 25.2 Å². The van der Waals surface area contributed by atoms with Crippen molar-refractivity contribution in [2.45, 2.75) is 26.2 Å². The topological polar surface area (TPSA) is 112 Å². The molecule has 0 spiro atoms. The molecule has 0 bridgehead atoms. The monoisotopic (exact) mass is 460 g/mol. The number of nitrogens with zero attached hydrogens (tertiary/aromatic N) is 4. The quantitative estimate of drug-likeness (QED) is 0.459. The molecule has 1 fully saturated rings. The Balaban J connectivity index is 1.55. The number of imidazole rings is 1. The molecule has 1 unspecified atom stereocenters. The van der Waals surface area contributed by atoms with E-state index in [1.54, 1.807) is 36.8 Å². The molecule has 0 amide bonds. The summed E-state index contributed by atoms with van der Waals surface area (Å²) in [7, 11) is 0. The van der Waals surface area contributed by atoms with Crippen LogP contribution in [0.4, 0.5) is 4.39 Å². The molecule has 1 aliphatic heterocycles. The minimum atomic E-state index is -0.638. The molecule has 5 rings (SSSR count). The van der Waals surface area contributed by atoms with Crippen molar-refractivity contribution in [3.8, 4) is 22.6 Å². The molecular formula is C25H25FN6O2. The van der Waals surface area contributed by atoms with Gasteiger partial charge in [0, 0.05) is 29.6 Å². The summed E-state index contributed by atoms with van der Waals surface area (Å²) >= 11 is 0. The van der Waals surface area contributed by atoms with Crippen LogP contribution in [0.2, 0.25) is 0 Å². The van der Waals surface area contributed by atoms with E-state index in [9.17, 15) is 4.39 Å². The van der Waals surface area contributed by atoms with E-state index in [0.717, 1.165) is 11.1 Å². The lowest BCUT2D eigenvalue weighted by Crippen LogP contribution is -2.34. The Hall–Kier alpha value is -3.53. The van der Waals surface area contributed by atoms with E-state index >= 15 is 0 Å². The van der Waals surface area contributed by atoms with Crippen LogP contribution < -0.4 is 5.73 Å². The molecule has 4 aromatic rings. The lowest BCUT2D eigenvalue weighted by molar-refractivity contribution is -0.229. The van der Waals surface area contributed by atoms with E-state index in [0.29, 0.717) is 41.9 Å². The fraction of sp³-hybridized carbons (Fsp3) is 0.280. The number of nitrogens with two attached hydrogens (primary N) is 1. The van der Waals surface area contributed by atoms with Crippen molar-refractivity contribution in [2.75, 3.05) is 13.2 Å². The minimum Gasteiger partial charge on any atom is -0.345 e. The minimum absolute atomic E-state index is 0.0731. The molecule has 8 nitrogen and oxygen atoms in total. The van der Waals surface area contributed by atoms with Gasteiger partial charge in [-0.15, -0.1) is 0 Å². The normalized spacial score (nSPS) is 16.9. The van der Waals surface area contributed by atoms with Gasteiger partial charge in [0.05, 0.1) is 36.3 Å². The van der Waals surface area contributed by atoms with Gasteiger partial charge in [-0.3, -0.25) is 4.98 Å². The highest BCUT2D eigenvalue weighted by Crippen LogP contribution is 2.35. The van der Waals surface area contributed by atoms with E-state index in [1.807, 2.05) is 12.1 Å². The second-order valence-electron chi connectivity index (χ2n) is 9.03. The molecule has 0 saturated carbocycles. The SMILES string of the molecule is CC1(C)COC(c2nc(-c3ccc(F)cc3)c(-c3ccnc(C(N)c4ccncc4)n3)[nH]2)OC1. The molecule has 9 heteroatoms. The molecule has 1 aliphatic rings. The Bertz CT molecular complexity index is 1270. The summed E-state index contributed by atoms with van der Waals surface area (Å²) in [4.78, 5) is 21.2. The first-order chi connectivity index (χ1) is 16.4. The van der Waals surface area contributed by atoms with Crippen molar-refractivity contribution >= 4 is 0 Å².